The van der Waals surface area contributed by atoms with Gasteiger partial charge in [-0.05, 0) is 35.7 Å². The highest BCUT2D eigenvalue weighted by molar-refractivity contribution is 7.12. The fourth-order valence-electron chi connectivity index (χ4n) is 2.82. The molecule has 1 aliphatic rings. The van der Waals surface area contributed by atoms with Crippen LogP contribution in [0.25, 0.3) is 11.5 Å². The Kier molecular flexibility index (Phi) is 3.97. The fourth-order valence-corrected chi connectivity index (χ4v) is 4.14. The van der Waals surface area contributed by atoms with E-state index in [-0.39, 0.29) is 11.8 Å². The molecular formula is C16H15N3O2S2. The van der Waals surface area contributed by atoms with Gasteiger partial charge in [0.2, 0.25) is 11.8 Å². The van der Waals surface area contributed by atoms with Gasteiger partial charge >= 0.3 is 0 Å². The Labute approximate surface area is 141 Å². The van der Waals surface area contributed by atoms with Gasteiger partial charge in [0.05, 0.1) is 10.8 Å². The summed E-state index contributed by atoms with van der Waals surface area (Å²) in [4.78, 5) is 15.2. The first-order chi connectivity index (χ1) is 11.3. The topological polar surface area (TPSA) is 59.2 Å². The Hall–Kier alpha value is -1.99. The van der Waals surface area contributed by atoms with Gasteiger partial charge in [0.25, 0.3) is 5.91 Å². The summed E-state index contributed by atoms with van der Waals surface area (Å²) < 4.78 is 5.84. The summed E-state index contributed by atoms with van der Waals surface area (Å²) in [5.74, 6) is 1.41. The number of piperidine rings is 1. The summed E-state index contributed by atoms with van der Waals surface area (Å²) in [5.41, 5.74) is 0.955. The van der Waals surface area contributed by atoms with Gasteiger partial charge in [0.1, 0.15) is 0 Å². The fraction of sp³-hybridized carbons (Fsp3) is 0.312. The Morgan fingerprint density at radius 1 is 1.30 bits per heavy atom. The van der Waals surface area contributed by atoms with Crippen molar-refractivity contribution >= 4 is 28.6 Å². The Balaban J connectivity index is 1.50. The number of hydrogen-bond donors (Lipinski definition) is 0. The van der Waals surface area contributed by atoms with Crippen molar-refractivity contribution in [2.24, 2.45) is 0 Å². The molecule has 1 fully saturated rings. The third kappa shape index (κ3) is 2.94. The van der Waals surface area contributed by atoms with Crippen molar-refractivity contribution in [1.29, 1.82) is 0 Å². The zero-order valence-electron chi connectivity index (χ0n) is 12.3. The second-order valence-corrected chi connectivity index (χ2v) is 7.25. The van der Waals surface area contributed by atoms with E-state index in [1.54, 1.807) is 11.3 Å². The van der Waals surface area contributed by atoms with Crippen LogP contribution in [0, 0.1) is 0 Å². The predicted molar refractivity (Wildman–Crippen MR) is 89.8 cm³/mol. The molecule has 0 radical (unpaired) electrons. The molecule has 0 spiro atoms. The van der Waals surface area contributed by atoms with Gasteiger partial charge in [0, 0.05) is 24.0 Å². The number of amides is 1. The van der Waals surface area contributed by atoms with E-state index in [1.165, 1.54) is 11.3 Å². The molecule has 3 aromatic heterocycles. The van der Waals surface area contributed by atoms with Crippen molar-refractivity contribution in [2.45, 2.75) is 18.8 Å². The lowest BCUT2D eigenvalue weighted by molar-refractivity contribution is 0.0703. The first-order valence-corrected chi connectivity index (χ1v) is 9.32. The van der Waals surface area contributed by atoms with Crippen LogP contribution >= 0.6 is 22.7 Å². The summed E-state index contributed by atoms with van der Waals surface area (Å²) in [7, 11) is 0. The maximum absolute atomic E-state index is 12.5. The summed E-state index contributed by atoms with van der Waals surface area (Å²) >= 11 is 3.09. The maximum Gasteiger partial charge on any atom is 0.263 e. The minimum atomic E-state index is 0.0993. The highest BCUT2D eigenvalue weighted by Crippen LogP contribution is 2.30. The molecule has 4 rings (SSSR count). The van der Waals surface area contributed by atoms with E-state index >= 15 is 0 Å². The van der Waals surface area contributed by atoms with Gasteiger partial charge in [-0.25, -0.2) is 0 Å². The third-order valence-corrected chi connectivity index (χ3v) is 5.54. The average Bonchev–Trinajstić information content (AvgIpc) is 3.36. The number of likely N-dealkylation sites (tertiary alicyclic amines) is 1. The number of carbonyl (C=O) groups excluding carboxylic acids is 1. The molecule has 0 saturated carbocycles. The maximum atomic E-state index is 12.5. The molecule has 0 bridgehead atoms. The minimum absolute atomic E-state index is 0.0993. The van der Waals surface area contributed by atoms with Crippen LogP contribution in [0.3, 0.4) is 0 Å². The lowest BCUT2D eigenvalue weighted by Crippen LogP contribution is -2.38. The van der Waals surface area contributed by atoms with E-state index in [4.69, 9.17) is 4.42 Å². The van der Waals surface area contributed by atoms with Gasteiger partial charge in [-0.3, -0.25) is 4.79 Å². The largest absolute Gasteiger partial charge is 0.420 e. The third-order valence-electron chi connectivity index (χ3n) is 4.00. The van der Waals surface area contributed by atoms with Gasteiger partial charge < -0.3 is 9.32 Å². The number of carbonyl (C=O) groups is 1. The minimum Gasteiger partial charge on any atom is -0.420 e. The van der Waals surface area contributed by atoms with Crippen molar-refractivity contribution < 1.29 is 9.21 Å². The molecule has 1 unspecified atom stereocenters. The van der Waals surface area contributed by atoms with Crippen molar-refractivity contribution in [3.05, 3.63) is 45.1 Å². The normalized spacial score (nSPS) is 18.3. The monoisotopic (exact) mass is 345 g/mol. The van der Waals surface area contributed by atoms with Gasteiger partial charge in [0.15, 0.2) is 0 Å². The Bertz CT molecular complexity index is 780. The summed E-state index contributed by atoms with van der Waals surface area (Å²) in [6.07, 6.45) is 1.93. The Morgan fingerprint density at radius 3 is 3.04 bits per heavy atom. The highest BCUT2D eigenvalue weighted by atomic mass is 32.1. The number of hydrogen-bond acceptors (Lipinski definition) is 6. The zero-order valence-corrected chi connectivity index (χ0v) is 14.0. The van der Waals surface area contributed by atoms with Crippen molar-refractivity contribution in [3.8, 4) is 11.5 Å². The highest BCUT2D eigenvalue weighted by Gasteiger charge is 2.29. The second-order valence-electron chi connectivity index (χ2n) is 5.53. The molecule has 0 N–H and O–H groups in total. The molecule has 1 aliphatic heterocycles. The summed E-state index contributed by atoms with van der Waals surface area (Å²) in [5, 5.41) is 14.3. The van der Waals surface area contributed by atoms with Crippen LogP contribution < -0.4 is 0 Å². The molecular weight excluding hydrogens is 330 g/mol. The van der Waals surface area contributed by atoms with E-state index in [0.29, 0.717) is 18.3 Å². The first-order valence-electron chi connectivity index (χ1n) is 7.50. The lowest BCUT2D eigenvalue weighted by Gasteiger charge is -2.30. The SMILES string of the molecule is O=C(c1cccs1)N1CCCC(c2nnc(-c3ccsc3)o2)C1. The van der Waals surface area contributed by atoms with Crippen LogP contribution in [0.15, 0.2) is 38.8 Å². The van der Waals surface area contributed by atoms with E-state index in [0.717, 1.165) is 29.8 Å². The van der Waals surface area contributed by atoms with Crippen LogP contribution in [0.5, 0.6) is 0 Å². The summed E-state index contributed by atoms with van der Waals surface area (Å²) in [6, 6.07) is 5.75. The van der Waals surface area contributed by atoms with E-state index < -0.39 is 0 Å². The molecule has 5 nitrogen and oxygen atoms in total. The number of rotatable bonds is 3. The van der Waals surface area contributed by atoms with Crippen molar-refractivity contribution in [2.75, 3.05) is 13.1 Å². The molecule has 3 aromatic rings. The van der Waals surface area contributed by atoms with Crippen LogP contribution in [-0.4, -0.2) is 34.1 Å². The van der Waals surface area contributed by atoms with Crippen LogP contribution in [0.1, 0.15) is 34.3 Å². The molecule has 4 heterocycles. The van der Waals surface area contributed by atoms with Gasteiger partial charge in [-0.2, -0.15) is 11.3 Å². The number of nitrogens with zero attached hydrogens (tertiary/aromatic N) is 3. The van der Waals surface area contributed by atoms with Gasteiger partial charge in [-0.15, -0.1) is 21.5 Å². The van der Waals surface area contributed by atoms with Gasteiger partial charge in [-0.1, -0.05) is 6.07 Å². The second kappa shape index (κ2) is 6.25. The van der Waals surface area contributed by atoms with Crippen LogP contribution in [-0.2, 0) is 0 Å². The molecule has 23 heavy (non-hydrogen) atoms. The number of thiophene rings is 2. The first kappa shape index (κ1) is 14.6. The standard InChI is InChI=1S/C16H15N3O2S2/c20-16(13-4-2-7-23-13)19-6-1-3-11(9-19)14-17-18-15(21-14)12-5-8-22-10-12/h2,4-5,7-8,10-11H,1,3,6,9H2. The molecule has 7 heteroatoms. The predicted octanol–water partition coefficient (Wildman–Crippen LogP) is 3.88. The van der Waals surface area contributed by atoms with E-state index in [9.17, 15) is 4.79 Å². The quantitative estimate of drug-likeness (QED) is 0.723. The number of aromatic nitrogens is 2. The van der Waals surface area contributed by atoms with Crippen molar-refractivity contribution in [3.63, 3.8) is 0 Å². The van der Waals surface area contributed by atoms with E-state index in [2.05, 4.69) is 10.2 Å². The molecule has 0 aliphatic carbocycles. The Morgan fingerprint density at radius 2 is 2.26 bits per heavy atom. The molecule has 0 aromatic carbocycles. The molecule has 1 saturated heterocycles. The van der Waals surface area contributed by atoms with Crippen LogP contribution in [0.2, 0.25) is 0 Å². The smallest absolute Gasteiger partial charge is 0.263 e. The molecule has 118 valence electrons. The summed E-state index contributed by atoms with van der Waals surface area (Å²) in [6.45, 7) is 1.43. The van der Waals surface area contributed by atoms with Crippen LogP contribution in [0.4, 0.5) is 0 Å². The zero-order chi connectivity index (χ0) is 15.6. The lowest BCUT2D eigenvalue weighted by atomic mass is 9.98. The van der Waals surface area contributed by atoms with E-state index in [1.807, 2.05) is 39.2 Å². The van der Waals surface area contributed by atoms with Crippen molar-refractivity contribution in [1.82, 2.24) is 15.1 Å². The average molecular weight is 345 g/mol. The molecule has 1 atom stereocenters. The molecule has 1 amide bonds.